The van der Waals surface area contributed by atoms with Crippen molar-refractivity contribution in [1.82, 2.24) is 9.78 Å². The van der Waals surface area contributed by atoms with Crippen molar-refractivity contribution in [2.24, 2.45) is 0 Å². The van der Waals surface area contributed by atoms with Crippen molar-refractivity contribution in [3.8, 4) is 23.0 Å². The zero-order valence-corrected chi connectivity index (χ0v) is 11.7. The molecule has 1 aromatic heterocycles. The molecule has 0 saturated carbocycles. The molecule has 3 rings (SSSR count). The number of nitrogens with zero attached hydrogens (tertiary/aromatic N) is 3. The Morgan fingerprint density at radius 3 is 2.39 bits per heavy atom. The Kier molecular flexibility index (Phi) is 3.62. The van der Waals surface area contributed by atoms with Gasteiger partial charge in [0.1, 0.15) is 0 Å². The molecule has 0 saturated heterocycles. The minimum atomic E-state index is -4.36. The molecule has 0 atom stereocenters. The van der Waals surface area contributed by atoms with Crippen LogP contribution < -0.4 is 0 Å². The minimum Gasteiger partial charge on any atom is -0.240 e. The molecule has 0 unspecified atom stereocenters. The van der Waals surface area contributed by atoms with Gasteiger partial charge in [-0.05, 0) is 42.5 Å². The first-order valence-corrected chi connectivity index (χ1v) is 6.71. The maximum absolute atomic E-state index is 12.6. The number of aromatic nitrogens is 2. The van der Waals surface area contributed by atoms with Crippen molar-refractivity contribution in [3.63, 3.8) is 0 Å². The molecule has 3 aromatic rings. The number of nitriles is 1. The molecule has 0 aliphatic rings. The smallest absolute Gasteiger partial charge is 0.240 e. The van der Waals surface area contributed by atoms with Crippen LogP contribution in [0.3, 0.4) is 0 Å². The molecule has 1 heterocycles. The normalized spacial score (nSPS) is 11.2. The second-order valence-corrected chi connectivity index (χ2v) is 4.88. The molecular formula is C17H10F3N3. The fraction of sp³-hybridized carbons (Fsp3) is 0.0588. The van der Waals surface area contributed by atoms with Crippen LogP contribution in [0.1, 0.15) is 11.1 Å². The van der Waals surface area contributed by atoms with Crippen molar-refractivity contribution in [1.29, 1.82) is 5.26 Å². The topological polar surface area (TPSA) is 41.6 Å². The summed E-state index contributed by atoms with van der Waals surface area (Å²) in [5.41, 5.74) is 1.76. The van der Waals surface area contributed by atoms with Crippen LogP contribution in [0.15, 0.2) is 60.8 Å². The van der Waals surface area contributed by atoms with Gasteiger partial charge in [-0.2, -0.15) is 23.5 Å². The van der Waals surface area contributed by atoms with Crippen molar-refractivity contribution in [2.45, 2.75) is 6.18 Å². The molecule has 23 heavy (non-hydrogen) atoms. The highest BCUT2D eigenvalue weighted by Crippen LogP contribution is 2.29. The predicted octanol–water partition coefficient (Wildman–Crippen LogP) is 4.43. The lowest BCUT2D eigenvalue weighted by molar-refractivity contribution is -0.137. The lowest BCUT2D eigenvalue weighted by Crippen LogP contribution is -2.05. The summed E-state index contributed by atoms with van der Waals surface area (Å²) in [6, 6.07) is 15.5. The third-order valence-electron chi connectivity index (χ3n) is 3.34. The fourth-order valence-corrected chi connectivity index (χ4v) is 2.17. The Bertz CT molecular complexity index is 871. The maximum Gasteiger partial charge on any atom is 0.416 e. The third-order valence-corrected chi connectivity index (χ3v) is 3.34. The minimum absolute atomic E-state index is 0.520. The molecule has 0 bridgehead atoms. The summed E-state index contributed by atoms with van der Waals surface area (Å²) < 4.78 is 39.2. The summed E-state index contributed by atoms with van der Waals surface area (Å²) in [5.74, 6) is 0. The van der Waals surface area contributed by atoms with Gasteiger partial charge in [-0.25, -0.2) is 4.68 Å². The number of alkyl halides is 3. The number of hydrogen-bond acceptors (Lipinski definition) is 2. The summed E-state index contributed by atoms with van der Waals surface area (Å²) in [5, 5.41) is 13.3. The summed E-state index contributed by atoms with van der Waals surface area (Å²) >= 11 is 0. The lowest BCUT2D eigenvalue weighted by Gasteiger charge is -2.07. The SMILES string of the molecule is N#Cc1cccc(-c2ccn(-c3ccc(C(F)(F)F)cc3)n2)c1. The highest BCUT2D eigenvalue weighted by Gasteiger charge is 2.30. The zero-order chi connectivity index (χ0) is 16.4. The monoisotopic (exact) mass is 313 g/mol. The first-order valence-electron chi connectivity index (χ1n) is 6.71. The Morgan fingerprint density at radius 2 is 1.74 bits per heavy atom. The van der Waals surface area contributed by atoms with Crippen LogP contribution in [-0.4, -0.2) is 9.78 Å². The van der Waals surface area contributed by atoms with E-state index in [2.05, 4.69) is 11.2 Å². The molecule has 0 aliphatic carbocycles. The van der Waals surface area contributed by atoms with Gasteiger partial charge in [0.15, 0.2) is 0 Å². The van der Waals surface area contributed by atoms with Gasteiger partial charge in [-0.1, -0.05) is 12.1 Å². The molecule has 114 valence electrons. The number of rotatable bonds is 2. The van der Waals surface area contributed by atoms with Crippen LogP contribution >= 0.6 is 0 Å². The zero-order valence-electron chi connectivity index (χ0n) is 11.7. The third kappa shape index (κ3) is 3.09. The molecule has 0 radical (unpaired) electrons. The first kappa shape index (κ1) is 14.9. The maximum atomic E-state index is 12.6. The second kappa shape index (κ2) is 5.61. The molecule has 0 N–H and O–H groups in total. The van der Waals surface area contributed by atoms with E-state index in [4.69, 9.17) is 5.26 Å². The fourth-order valence-electron chi connectivity index (χ4n) is 2.17. The van der Waals surface area contributed by atoms with E-state index in [0.717, 1.165) is 17.7 Å². The van der Waals surface area contributed by atoms with Crippen molar-refractivity contribution in [2.75, 3.05) is 0 Å². The average molecular weight is 313 g/mol. The van der Waals surface area contributed by atoms with E-state index in [1.54, 1.807) is 30.5 Å². The number of benzene rings is 2. The van der Waals surface area contributed by atoms with E-state index in [1.165, 1.54) is 16.8 Å². The highest BCUT2D eigenvalue weighted by atomic mass is 19.4. The van der Waals surface area contributed by atoms with Crippen molar-refractivity contribution < 1.29 is 13.2 Å². The van der Waals surface area contributed by atoms with Gasteiger partial charge in [-0.15, -0.1) is 0 Å². The highest BCUT2D eigenvalue weighted by molar-refractivity contribution is 5.61. The summed E-state index contributed by atoms with van der Waals surface area (Å²) in [4.78, 5) is 0. The van der Waals surface area contributed by atoms with E-state index in [0.29, 0.717) is 16.9 Å². The second-order valence-electron chi connectivity index (χ2n) is 4.88. The Labute approximate surface area is 130 Å². The molecule has 0 amide bonds. The number of hydrogen-bond donors (Lipinski definition) is 0. The van der Waals surface area contributed by atoms with Gasteiger partial charge in [0.05, 0.1) is 28.6 Å². The van der Waals surface area contributed by atoms with Crippen LogP contribution in [0, 0.1) is 11.3 Å². The lowest BCUT2D eigenvalue weighted by atomic mass is 10.1. The van der Waals surface area contributed by atoms with Crippen LogP contribution in [0.2, 0.25) is 0 Å². The van der Waals surface area contributed by atoms with Crippen LogP contribution in [-0.2, 0) is 6.18 Å². The van der Waals surface area contributed by atoms with Gasteiger partial charge in [0, 0.05) is 11.8 Å². The standard InChI is InChI=1S/C17H10F3N3/c18-17(19,20)14-4-6-15(7-5-14)23-9-8-16(22-23)13-3-1-2-12(10-13)11-21/h1-10H. The van der Waals surface area contributed by atoms with Crippen LogP contribution in [0.5, 0.6) is 0 Å². The number of halogens is 3. The Hall–Kier alpha value is -3.07. The Morgan fingerprint density at radius 1 is 1.00 bits per heavy atom. The predicted molar refractivity (Wildman–Crippen MR) is 78.7 cm³/mol. The van der Waals surface area contributed by atoms with Gasteiger partial charge >= 0.3 is 6.18 Å². The van der Waals surface area contributed by atoms with Gasteiger partial charge < -0.3 is 0 Å². The summed E-state index contributed by atoms with van der Waals surface area (Å²) in [7, 11) is 0. The molecular weight excluding hydrogens is 303 g/mol. The molecule has 0 spiro atoms. The Balaban J connectivity index is 1.91. The van der Waals surface area contributed by atoms with Crippen LogP contribution in [0.25, 0.3) is 16.9 Å². The van der Waals surface area contributed by atoms with Crippen LogP contribution in [0.4, 0.5) is 13.2 Å². The van der Waals surface area contributed by atoms with E-state index < -0.39 is 11.7 Å². The van der Waals surface area contributed by atoms with Crippen molar-refractivity contribution >= 4 is 0 Å². The van der Waals surface area contributed by atoms with Gasteiger partial charge in [0.25, 0.3) is 0 Å². The van der Waals surface area contributed by atoms with Gasteiger partial charge in [-0.3, -0.25) is 0 Å². The average Bonchev–Trinajstić information content (AvgIpc) is 3.04. The molecule has 0 fully saturated rings. The largest absolute Gasteiger partial charge is 0.416 e. The van der Waals surface area contributed by atoms with E-state index in [-0.39, 0.29) is 0 Å². The molecule has 6 heteroatoms. The van der Waals surface area contributed by atoms with Crippen molar-refractivity contribution in [3.05, 3.63) is 71.9 Å². The molecule has 3 nitrogen and oxygen atoms in total. The molecule has 0 aliphatic heterocycles. The first-order chi connectivity index (χ1) is 11.0. The van der Waals surface area contributed by atoms with E-state index in [9.17, 15) is 13.2 Å². The van der Waals surface area contributed by atoms with E-state index >= 15 is 0 Å². The summed E-state index contributed by atoms with van der Waals surface area (Å²) in [6.45, 7) is 0. The summed E-state index contributed by atoms with van der Waals surface area (Å²) in [6.07, 6.45) is -2.69. The molecule has 2 aromatic carbocycles. The quantitative estimate of drug-likeness (QED) is 0.702. The van der Waals surface area contributed by atoms with E-state index in [1.807, 2.05) is 6.07 Å². The van der Waals surface area contributed by atoms with Gasteiger partial charge in [0.2, 0.25) is 0 Å².